The molecule has 8 rings (SSSR count). The molecule has 0 saturated carbocycles. The fourth-order valence-electron chi connectivity index (χ4n) is 7.53. The topological polar surface area (TPSA) is 57.4 Å². The van der Waals surface area contributed by atoms with E-state index in [4.69, 9.17) is 0 Å². The summed E-state index contributed by atoms with van der Waals surface area (Å²) in [7, 11) is 0. The van der Waals surface area contributed by atoms with Crippen LogP contribution in [-0.4, -0.2) is 9.13 Å². The van der Waals surface area contributed by atoms with E-state index < -0.39 is 52.5 Å². The molecule has 6 aromatic carbocycles. The molecule has 0 bridgehead atoms. The van der Waals surface area contributed by atoms with Crippen molar-refractivity contribution in [1.82, 2.24) is 9.13 Å². The molecule has 0 aliphatic rings. The number of nitriles is 2. The van der Waals surface area contributed by atoms with Gasteiger partial charge in [0.15, 0.2) is 0 Å². The molecule has 0 N–H and O–H groups in total. The number of aryl methyl sites for hydroxylation is 1. The zero-order chi connectivity index (χ0) is 42.6. The van der Waals surface area contributed by atoms with E-state index in [2.05, 4.69) is 0 Å². The van der Waals surface area contributed by atoms with Crippen LogP contribution in [0.4, 0.5) is 52.7 Å². The molecular formula is C43H20F12N4. The zero-order valence-corrected chi connectivity index (χ0v) is 29.6. The number of aromatic nitrogens is 2. The van der Waals surface area contributed by atoms with Crippen LogP contribution >= 0.6 is 0 Å². The van der Waals surface area contributed by atoms with Crippen LogP contribution in [0.1, 0.15) is 38.9 Å². The Hall–Kier alpha value is -6.94. The van der Waals surface area contributed by atoms with Crippen LogP contribution in [0.5, 0.6) is 0 Å². The molecule has 16 heteroatoms. The van der Waals surface area contributed by atoms with Crippen LogP contribution in [0.3, 0.4) is 0 Å². The summed E-state index contributed by atoms with van der Waals surface area (Å²) >= 11 is 0. The van der Waals surface area contributed by atoms with Gasteiger partial charge in [-0.15, -0.1) is 0 Å². The first-order chi connectivity index (χ1) is 27.6. The molecule has 0 aliphatic carbocycles. The maximum absolute atomic E-state index is 14.5. The lowest BCUT2D eigenvalue weighted by atomic mass is 9.94. The molecule has 0 aliphatic heterocycles. The van der Waals surface area contributed by atoms with Crippen LogP contribution in [0.2, 0.25) is 0 Å². The molecular weight excluding hydrogens is 800 g/mol. The molecule has 59 heavy (non-hydrogen) atoms. The third kappa shape index (κ3) is 6.54. The first-order valence-corrected chi connectivity index (χ1v) is 17.1. The van der Waals surface area contributed by atoms with Crippen LogP contribution < -0.4 is 0 Å². The first-order valence-electron chi connectivity index (χ1n) is 17.1. The summed E-state index contributed by atoms with van der Waals surface area (Å²) in [6, 6.07) is 20.5. The van der Waals surface area contributed by atoms with E-state index in [0.717, 1.165) is 36.4 Å². The van der Waals surface area contributed by atoms with E-state index in [1.54, 1.807) is 31.2 Å². The van der Waals surface area contributed by atoms with Crippen molar-refractivity contribution >= 4 is 43.6 Å². The number of alkyl halides is 12. The molecule has 2 heterocycles. The maximum Gasteiger partial charge on any atom is 0.416 e. The third-order valence-electron chi connectivity index (χ3n) is 10.1. The van der Waals surface area contributed by atoms with Gasteiger partial charge in [0.2, 0.25) is 0 Å². The standard InChI is InChI=1S/C43H20F12N4/c1-21-2-6-33-29(10-21)30-16-25(40(44,45)46)3-7-34(30)58(33)37-13-23(20-57)14-38(39(37)24-11-22(19-56)12-28(15-24)43(53,54)55)59-35-8-4-26(41(47,48)49)17-31(35)32-18-27(42(50,51)52)5-9-36(32)59/h2-18H,1H3. The smallest absolute Gasteiger partial charge is 0.308 e. The number of hydrogen-bond donors (Lipinski definition) is 0. The predicted octanol–water partition coefficient (Wildman–Crippen LogP) is 13.7. The van der Waals surface area contributed by atoms with Gasteiger partial charge in [-0.1, -0.05) is 11.6 Å². The number of benzene rings is 6. The average molecular weight is 821 g/mol. The monoisotopic (exact) mass is 820 g/mol. The van der Waals surface area contributed by atoms with Gasteiger partial charge in [-0.2, -0.15) is 63.2 Å². The Kier molecular flexibility index (Phi) is 8.60. The maximum atomic E-state index is 14.5. The molecule has 0 spiro atoms. The second-order valence-electron chi connectivity index (χ2n) is 13.8. The highest BCUT2D eigenvalue weighted by atomic mass is 19.4. The highest BCUT2D eigenvalue weighted by Crippen LogP contribution is 2.46. The molecule has 296 valence electrons. The minimum atomic E-state index is -5.04. The Morgan fingerprint density at radius 2 is 0.763 bits per heavy atom. The molecule has 0 fully saturated rings. The van der Waals surface area contributed by atoms with E-state index >= 15 is 0 Å². The second kappa shape index (κ2) is 13.0. The Bertz CT molecular complexity index is 3070. The summed E-state index contributed by atoms with van der Waals surface area (Å²) in [6.07, 6.45) is -19.7. The van der Waals surface area contributed by atoms with Crippen molar-refractivity contribution in [2.45, 2.75) is 31.6 Å². The Labute approximate surface area is 323 Å². The van der Waals surface area contributed by atoms with Crippen molar-refractivity contribution in [3.05, 3.63) is 142 Å². The predicted molar refractivity (Wildman–Crippen MR) is 195 cm³/mol. The molecule has 4 nitrogen and oxygen atoms in total. The highest BCUT2D eigenvalue weighted by molar-refractivity contribution is 6.12. The summed E-state index contributed by atoms with van der Waals surface area (Å²) in [5.41, 5.74) is -5.64. The largest absolute Gasteiger partial charge is 0.416 e. The van der Waals surface area contributed by atoms with Crippen molar-refractivity contribution < 1.29 is 52.7 Å². The average Bonchev–Trinajstić information content (AvgIpc) is 3.67. The number of hydrogen-bond acceptors (Lipinski definition) is 2. The third-order valence-corrected chi connectivity index (χ3v) is 10.1. The van der Waals surface area contributed by atoms with E-state index in [-0.39, 0.29) is 71.7 Å². The first kappa shape index (κ1) is 38.9. The van der Waals surface area contributed by atoms with Crippen molar-refractivity contribution in [3.8, 4) is 34.6 Å². The van der Waals surface area contributed by atoms with E-state index in [0.29, 0.717) is 42.0 Å². The fraction of sp³-hybridized carbons (Fsp3) is 0.116. The fourth-order valence-corrected chi connectivity index (χ4v) is 7.53. The lowest BCUT2D eigenvalue weighted by molar-refractivity contribution is -0.138. The lowest BCUT2D eigenvalue weighted by Gasteiger charge is -2.22. The molecule has 0 atom stereocenters. The SMILES string of the molecule is Cc1ccc2c(c1)c1cc(C(F)(F)F)ccc1n2-c1cc(C#N)cc(-n2c3ccc(C(F)(F)F)cc3c3cc(C(F)(F)F)ccc32)c1-c1cc(C#N)cc(C(F)(F)F)c1. The van der Waals surface area contributed by atoms with Crippen LogP contribution in [0.25, 0.3) is 66.1 Å². The van der Waals surface area contributed by atoms with Gasteiger partial charge in [-0.05, 0) is 110 Å². The van der Waals surface area contributed by atoms with Crippen LogP contribution in [0.15, 0.2) is 103 Å². The van der Waals surface area contributed by atoms with Gasteiger partial charge in [0.1, 0.15) is 0 Å². The van der Waals surface area contributed by atoms with Gasteiger partial charge in [0.05, 0.1) is 79.0 Å². The number of halogens is 12. The molecule has 8 aromatic rings. The minimum Gasteiger partial charge on any atom is -0.308 e. The van der Waals surface area contributed by atoms with E-state index in [9.17, 15) is 63.2 Å². The normalized spacial score (nSPS) is 12.8. The van der Waals surface area contributed by atoms with Gasteiger partial charge >= 0.3 is 24.7 Å². The minimum absolute atomic E-state index is 0.0614. The Morgan fingerprint density at radius 3 is 1.14 bits per heavy atom. The quantitative estimate of drug-likeness (QED) is 0.167. The lowest BCUT2D eigenvalue weighted by Crippen LogP contribution is -2.09. The van der Waals surface area contributed by atoms with Crippen molar-refractivity contribution in [2.24, 2.45) is 0 Å². The second-order valence-corrected chi connectivity index (χ2v) is 13.8. The summed E-state index contributed by atoms with van der Waals surface area (Å²) in [6.45, 7) is 1.68. The van der Waals surface area contributed by atoms with E-state index in [1.807, 2.05) is 6.07 Å². The van der Waals surface area contributed by atoms with Crippen molar-refractivity contribution in [2.75, 3.05) is 0 Å². The summed E-state index contributed by atoms with van der Waals surface area (Å²) in [5.74, 6) is 0. The zero-order valence-electron chi connectivity index (χ0n) is 29.6. The number of nitrogens with zero attached hydrogens (tertiary/aromatic N) is 4. The van der Waals surface area contributed by atoms with Crippen LogP contribution in [-0.2, 0) is 24.7 Å². The van der Waals surface area contributed by atoms with Gasteiger partial charge in [0.25, 0.3) is 0 Å². The summed E-state index contributed by atoms with van der Waals surface area (Å²) in [4.78, 5) is 0. The van der Waals surface area contributed by atoms with Crippen LogP contribution in [0, 0.1) is 29.6 Å². The Balaban J connectivity index is 1.61. The molecule has 2 aromatic heterocycles. The van der Waals surface area contributed by atoms with E-state index in [1.165, 1.54) is 21.3 Å². The van der Waals surface area contributed by atoms with Crippen molar-refractivity contribution in [3.63, 3.8) is 0 Å². The van der Waals surface area contributed by atoms with Gasteiger partial charge in [-0.3, -0.25) is 0 Å². The molecule has 0 unspecified atom stereocenters. The molecule has 0 radical (unpaired) electrons. The molecule has 0 saturated heterocycles. The Morgan fingerprint density at radius 1 is 0.407 bits per heavy atom. The highest BCUT2D eigenvalue weighted by Gasteiger charge is 2.36. The van der Waals surface area contributed by atoms with Gasteiger partial charge in [0, 0.05) is 27.1 Å². The van der Waals surface area contributed by atoms with Crippen molar-refractivity contribution in [1.29, 1.82) is 10.5 Å². The summed E-state index contributed by atoms with van der Waals surface area (Å²) < 4.78 is 173. The number of fused-ring (bicyclic) bond motifs is 6. The number of rotatable bonds is 3. The van der Waals surface area contributed by atoms with Gasteiger partial charge in [-0.25, -0.2) is 0 Å². The molecule has 0 amide bonds. The summed E-state index contributed by atoms with van der Waals surface area (Å²) in [5, 5.41) is 20.0. The van der Waals surface area contributed by atoms with Gasteiger partial charge < -0.3 is 9.13 Å².